The van der Waals surface area contributed by atoms with Crippen LogP contribution >= 0.6 is 0 Å². The number of hydrogen-bond acceptors (Lipinski definition) is 3. The molecule has 14 heavy (non-hydrogen) atoms. The van der Waals surface area contributed by atoms with E-state index in [1.807, 2.05) is 27.7 Å². The van der Waals surface area contributed by atoms with Crippen molar-refractivity contribution < 1.29 is 19.7 Å². The third-order valence-corrected chi connectivity index (χ3v) is 2.37. The first-order chi connectivity index (χ1) is 6.09. The maximum absolute atomic E-state index is 10.7. The number of aliphatic carboxylic acids is 1. The number of hydrogen-bond donors (Lipinski definition) is 1. The fraction of sp³-hybridized carbons (Fsp3) is 0.900. The quantitative estimate of drug-likeness (QED) is 0.551. The van der Waals surface area contributed by atoms with E-state index in [1.165, 1.54) is 13.8 Å². The zero-order chi connectivity index (χ0) is 11.6. The minimum atomic E-state index is -1.31. The summed E-state index contributed by atoms with van der Waals surface area (Å²) in [5.41, 5.74) is -1.81. The lowest BCUT2D eigenvalue weighted by Crippen LogP contribution is -2.40. The molecular weight excluding hydrogens is 184 g/mol. The fourth-order valence-corrected chi connectivity index (χ4v) is 0.343. The zero-order valence-electron chi connectivity index (χ0n) is 9.75. The Balaban J connectivity index is 4.25. The molecule has 0 aliphatic rings. The van der Waals surface area contributed by atoms with E-state index in [1.54, 1.807) is 0 Å². The molecule has 0 aromatic heterocycles. The molecule has 0 heterocycles. The van der Waals surface area contributed by atoms with Crippen LogP contribution in [0.3, 0.4) is 0 Å². The van der Waals surface area contributed by atoms with E-state index in [2.05, 4.69) is 0 Å². The summed E-state index contributed by atoms with van der Waals surface area (Å²) in [6.45, 7) is 10.6. The zero-order valence-corrected chi connectivity index (χ0v) is 9.75. The second-order valence-corrected chi connectivity index (χ2v) is 4.74. The highest BCUT2D eigenvalue weighted by Gasteiger charge is 2.34. The van der Waals surface area contributed by atoms with Gasteiger partial charge in [-0.05, 0) is 33.6 Å². The van der Waals surface area contributed by atoms with Gasteiger partial charge >= 0.3 is 5.97 Å². The van der Waals surface area contributed by atoms with Crippen LogP contribution in [0.5, 0.6) is 0 Å². The molecule has 0 bridgehead atoms. The Kier molecular flexibility index (Phi) is 4.09. The largest absolute Gasteiger partial charge is 0.479 e. The average Bonchev–Trinajstić information content (AvgIpc) is 2.01. The van der Waals surface area contributed by atoms with Crippen molar-refractivity contribution in [3.05, 3.63) is 0 Å². The van der Waals surface area contributed by atoms with Gasteiger partial charge in [-0.25, -0.2) is 14.6 Å². The van der Waals surface area contributed by atoms with Crippen LogP contribution in [-0.4, -0.2) is 22.3 Å². The third kappa shape index (κ3) is 3.64. The molecule has 0 saturated heterocycles. The Morgan fingerprint density at radius 1 is 1.14 bits per heavy atom. The van der Waals surface area contributed by atoms with Crippen molar-refractivity contribution in [2.75, 3.05) is 0 Å². The van der Waals surface area contributed by atoms with Crippen molar-refractivity contribution in [2.45, 2.75) is 52.7 Å². The minimum Gasteiger partial charge on any atom is -0.479 e. The standard InChI is InChI=1S/C10H20O4/c1-7(2)9(3,4)13-14-10(5,6)8(11)12/h7H,1-6H3,(H,11,12). The van der Waals surface area contributed by atoms with E-state index >= 15 is 0 Å². The van der Waals surface area contributed by atoms with Crippen molar-refractivity contribution in [1.82, 2.24) is 0 Å². The lowest BCUT2D eigenvalue weighted by molar-refractivity contribution is -0.400. The Labute approximate surface area is 85.1 Å². The average molecular weight is 204 g/mol. The van der Waals surface area contributed by atoms with Gasteiger partial charge in [0.05, 0.1) is 0 Å². The smallest absolute Gasteiger partial charge is 0.338 e. The number of carboxylic acids is 1. The molecule has 0 saturated carbocycles. The van der Waals surface area contributed by atoms with Crippen LogP contribution in [0.15, 0.2) is 0 Å². The molecule has 0 aromatic rings. The SMILES string of the molecule is CC(C)C(C)(C)OOC(C)(C)C(=O)O. The van der Waals surface area contributed by atoms with Crippen molar-refractivity contribution in [2.24, 2.45) is 5.92 Å². The first kappa shape index (κ1) is 13.4. The molecule has 0 rings (SSSR count). The van der Waals surface area contributed by atoms with E-state index in [-0.39, 0.29) is 5.92 Å². The van der Waals surface area contributed by atoms with Gasteiger partial charge in [0.25, 0.3) is 0 Å². The van der Waals surface area contributed by atoms with E-state index in [0.717, 1.165) is 0 Å². The van der Waals surface area contributed by atoms with Crippen LogP contribution in [-0.2, 0) is 14.6 Å². The highest BCUT2D eigenvalue weighted by atomic mass is 17.2. The summed E-state index contributed by atoms with van der Waals surface area (Å²) in [5, 5.41) is 8.77. The van der Waals surface area contributed by atoms with E-state index < -0.39 is 17.2 Å². The Bertz CT molecular complexity index is 206. The van der Waals surface area contributed by atoms with Crippen LogP contribution in [0.1, 0.15) is 41.5 Å². The fourth-order valence-electron chi connectivity index (χ4n) is 0.343. The number of rotatable bonds is 5. The summed E-state index contributed by atoms with van der Waals surface area (Å²) in [5.74, 6) is -0.802. The molecule has 84 valence electrons. The molecule has 0 fully saturated rings. The van der Waals surface area contributed by atoms with Gasteiger partial charge in [0, 0.05) is 0 Å². The minimum absolute atomic E-state index is 0.243. The molecule has 0 radical (unpaired) electrons. The maximum Gasteiger partial charge on any atom is 0.338 e. The van der Waals surface area contributed by atoms with Gasteiger partial charge in [0.1, 0.15) is 5.60 Å². The lowest BCUT2D eigenvalue weighted by atomic mass is 9.95. The molecule has 0 unspecified atom stereocenters. The number of carbonyl (C=O) groups is 1. The monoisotopic (exact) mass is 204 g/mol. The van der Waals surface area contributed by atoms with Crippen LogP contribution in [0, 0.1) is 5.92 Å². The summed E-state index contributed by atoms with van der Waals surface area (Å²) in [6.07, 6.45) is 0. The van der Waals surface area contributed by atoms with E-state index in [9.17, 15) is 4.79 Å². The Morgan fingerprint density at radius 3 is 1.86 bits per heavy atom. The lowest BCUT2D eigenvalue weighted by Gasteiger charge is -2.31. The molecule has 0 aliphatic heterocycles. The topological polar surface area (TPSA) is 55.8 Å². The van der Waals surface area contributed by atoms with Crippen LogP contribution in [0.4, 0.5) is 0 Å². The molecular formula is C10H20O4. The summed E-state index contributed by atoms with van der Waals surface area (Å²) in [7, 11) is 0. The highest BCUT2D eigenvalue weighted by molar-refractivity contribution is 5.76. The van der Waals surface area contributed by atoms with Gasteiger partial charge in [-0.15, -0.1) is 0 Å². The van der Waals surface area contributed by atoms with E-state index in [4.69, 9.17) is 14.9 Å². The van der Waals surface area contributed by atoms with Crippen molar-refractivity contribution >= 4 is 5.97 Å². The molecule has 0 spiro atoms. The molecule has 4 heteroatoms. The molecule has 0 atom stereocenters. The van der Waals surface area contributed by atoms with Crippen molar-refractivity contribution in [3.63, 3.8) is 0 Å². The van der Waals surface area contributed by atoms with Gasteiger partial charge < -0.3 is 5.11 Å². The van der Waals surface area contributed by atoms with Gasteiger partial charge in [-0.3, -0.25) is 0 Å². The summed E-state index contributed by atoms with van der Waals surface area (Å²) in [6, 6.07) is 0. The molecule has 0 aromatic carbocycles. The molecule has 1 N–H and O–H groups in total. The van der Waals surface area contributed by atoms with Gasteiger partial charge in [-0.2, -0.15) is 0 Å². The third-order valence-electron chi connectivity index (χ3n) is 2.37. The molecule has 0 amide bonds. The highest BCUT2D eigenvalue weighted by Crippen LogP contribution is 2.23. The normalized spacial score (nSPS) is 13.4. The Hall–Kier alpha value is -0.610. The second-order valence-electron chi connectivity index (χ2n) is 4.74. The summed E-state index contributed by atoms with van der Waals surface area (Å²) in [4.78, 5) is 20.8. The van der Waals surface area contributed by atoms with Crippen molar-refractivity contribution in [3.8, 4) is 0 Å². The summed E-state index contributed by atoms with van der Waals surface area (Å²) < 4.78 is 0. The van der Waals surface area contributed by atoms with Gasteiger partial charge in [0.15, 0.2) is 5.60 Å². The molecule has 4 nitrogen and oxygen atoms in total. The summed E-state index contributed by atoms with van der Waals surface area (Å²) >= 11 is 0. The Morgan fingerprint density at radius 2 is 1.57 bits per heavy atom. The first-order valence-corrected chi connectivity index (χ1v) is 4.70. The second kappa shape index (κ2) is 4.28. The molecule has 0 aliphatic carbocycles. The van der Waals surface area contributed by atoms with Crippen LogP contribution in [0.25, 0.3) is 0 Å². The van der Waals surface area contributed by atoms with Crippen LogP contribution in [0.2, 0.25) is 0 Å². The predicted molar refractivity (Wildman–Crippen MR) is 52.8 cm³/mol. The van der Waals surface area contributed by atoms with E-state index in [0.29, 0.717) is 0 Å². The van der Waals surface area contributed by atoms with Gasteiger partial charge in [-0.1, -0.05) is 13.8 Å². The van der Waals surface area contributed by atoms with Crippen molar-refractivity contribution in [1.29, 1.82) is 0 Å². The van der Waals surface area contributed by atoms with Gasteiger partial charge in [0.2, 0.25) is 0 Å². The maximum atomic E-state index is 10.7. The number of carboxylic acid groups (broad SMARTS) is 1. The first-order valence-electron chi connectivity index (χ1n) is 4.70. The van der Waals surface area contributed by atoms with Crippen LogP contribution < -0.4 is 0 Å². The predicted octanol–water partition coefficient (Wildman–Crippen LogP) is 2.23.